The van der Waals surface area contributed by atoms with Gasteiger partial charge >= 0.3 is 6.92 Å². The Kier molecular flexibility index (Phi) is 10.0. The van der Waals surface area contributed by atoms with Gasteiger partial charge in [-0.3, -0.25) is 0 Å². The number of hydrogen-bond donors (Lipinski definition) is 0. The first kappa shape index (κ1) is 21.5. The lowest BCUT2D eigenvalue weighted by atomic mass is 9.39. The first-order valence-electron chi connectivity index (χ1n) is 10.3. The van der Waals surface area contributed by atoms with E-state index in [0.29, 0.717) is 5.92 Å². The van der Waals surface area contributed by atoms with Gasteiger partial charge in [-0.1, -0.05) is 90.4 Å². The van der Waals surface area contributed by atoms with E-state index in [4.69, 9.17) is 4.65 Å². The van der Waals surface area contributed by atoms with Gasteiger partial charge in [0, 0.05) is 7.11 Å². The Morgan fingerprint density at radius 1 is 1.17 bits per heavy atom. The predicted molar refractivity (Wildman–Crippen MR) is 110 cm³/mol. The van der Waals surface area contributed by atoms with Gasteiger partial charge in [0.15, 0.2) is 0 Å². The molecular weight excluding hydrogens is 291 g/mol. The highest BCUT2D eigenvalue weighted by Crippen LogP contribution is 2.41. The Bertz CT molecular complexity index is 389. The van der Waals surface area contributed by atoms with E-state index in [-0.39, 0.29) is 12.2 Å². The van der Waals surface area contributed by atoms with Gasteiger partial charge in [0.25, 0.3) is 0 Å². The zero-order valence-electron chi connectivity index (χ0n) is 17.2. The SMILES string of the molecule is CCCCC/C=C/C(=C\C1CCCCC1)B(OC)C(C)(C)C(C)C. The summed E-state index contributed by atoms with van der Waals surface area (Å²) >= 11 is 0. The molecule has 0 spiro atoms. The fourth-order valence-electron chi connectivity index (χ4n) is 3.71. The topological polar surface area (TPSA) is 9.23 Å². The van der Waals surface area contributed by atoms with Crippen LogP contribution >= 0.6 is 0 Å². The minimum absolute atomic E-state index is 0.142. The average molecular weight is 332 g/mol. The summed E-state index contributed by atoms with van der Waals surface area (Å²) in [5.41, 5.74) is 1.42. The number of allylic oxidation sites excluding steroid dienone is 4. The monoisotopic (exact) mass is 332 g/mol. The van der Waals surface area contributed by atoms with Crippen LogP contribution in [0.1, 0.15) is 92.4 Å². The summed E-state index contributed by atoms with van der Waals surface area (Å²) in [5.74, 6) is 1.33. The molecular formula is C22H41BO. The zero-order valence-corrected chi connectivity index (χ0v) is 17.2. The lowest BCUT2D eigenvalue weighted by Crippen LogP contribution is -2.36. The van der Waals surface area contributed by atoms with Crippen molar-refractivity contribution >= 4 is 6.92 Å². The van der Waals surface area contributed by atoms with Crippen molar-refractivity contribution in [1.82, 2.24) is 0 Å². The van der Waals surface area contributed by atoms with Crippen LogP contribution in [0.2, 0.25) is 5.31 Å². The molecule has 0 bridgehead atoms. The molecule has 138 valence electrons. The molecule has 1 aliphatic rings. The third-order valence-corrected chi connectivity index (χ3v) is 6.06. The normalized spacial score (nSPS) is 17.9. The molecule has 0 aromatic heterocycles. The summed E-state index contributed by atoms with van der Waals surface area (Å²) in [6.45, 7) is 11.8. The van der Waals surface area contributed by atoms with E-state index in [0.717, 1.165) is 5.92 Å². The van der Waals surface area contributed by atoms with Crippen LogP contribution in [0.3, 0.4) is 0 Å². The fraction of sp³-hybridized carbons (Fsp3) is 0.818. The van der Waals surface area contributed by atoms with E-state index in [9.17, 15) is 0 Å². The quantitative estimate of drug-likeness (QED) is 0.233. The highest BCUT2D eigenvalue weighted by Gasteiger charge is 2.39. The molecule has 24 heavy (non-hydrogen) atoms. The second-order valence-electron chi connectivity index (χ2n) is 8.55. The molecule has 0 unspecified atom stereocenters. The van der Waals surface area contributed by atoms with E-state index < -0.39 is 0 Å². The van der Waals surface area contributed by atoms with Crippen molar-refractivity contribution in [2.45, 2.75) is 97.7 Å². The van der Waals surface area contributed by atoms with Crippen LogP contribution in [-0.2, 0) is 4.65 Å². The minimum Gasteiger partial charge on any atom is -0.433 e. The fourth-order valence-corrected chi connectivity index (χ4v) is 3.71. The first-order chi connectivity index (χ1) is 11.4. The van der Waals surface area contributed by atoms with Gasteiger partial charge in [-0.2, -0.15) is 0 Å². The average Bonchev–Trinajstić information content (AvgIpc) is 2.55. The predicted octanol–water partition coefficient (Wildman–Crippen LogP) is 7.24. The van der Waals surface area contributed by atoms with Crippen molar-refractivity contribution in [2.24, 2.45) is 11.8 Å². The molecule has 1 nitrogen and oxygen atoms in total. The van der Waals surface area contributed by atoms with Gasteiger partial charge < -0.3 is 4.65 Å². The van der Waals surface area contributed by atoms with Gasteiger partial charge in [-0.15, -0.1) is 0 Å². The number of unbranched alkanes of at least 4 members (excludes halogenated alkanes) is 3. The van der Waals surface area contributed by atoms with Crippen LogP contribution in [0.25, 0.3) is 0 Å². The van der Waals surface area contributed by atoms with E-state index in [2.05, 4.69) is 52.8 Å². The standard InChI is InChI=1S/C22H41BO/c1-7-8-9-10-14-17-21(18-20-15-12-11-13-16-20)23(24-6)22(4,5)19(2)3/h14,17-20H,7-13,15-16H2,1-6H3/b17-14+,21-18+. The van der Waals surface area contributed by atoms with Crippen LogP contribution in [-0.4, -0.2) is 14.0 Å². The van der Waals surface area contributed by atoms with Crippen LogP contribution in [0.4, 0.5) is 0 Å². The molecule has 0 aliphatic heterocycles. The van der Waals surface area contributed by atoms with Crippen LogP contribution in [0, 0.1) is 11.8 Å². The molecule has 1 aliphatic carbocycles. The Balaban J connectivity index is 2.94. The molecule has 2 heteroatoms. The Morgan fingerprint density at radius 3 is 2.38 bits per heavy atom. The summed E-state index contributed by atoms with van der Waals surface area (Å²) in [4.78, 5) is 0. The van der Waals surface area contributed by atoms with Crippen molar-refractivity contribution in [1.29, 1.82) is 0 Å². The molecule has 0 amide bonds. The summed E-state index contributed by atoms with van der Waals surface area (Å²) in [6.07, 6.45) is 19.3. The lowest BCUT2D eigenvalue weighted by Gasteiger charge is -2.35. The summed E-state index contributed by atoms with van der Waals surface area (Å²) < 4.78 is 6.04. The van der Waals surface area contributed by atoms with Crippen molar-refractivity contribution in [3.8, 4) is 0 Å². The number of hydrogen-bond acceptors (Lipinski definition) is 1. The maximum Gasteiger partial charge on any atom is 0.332 e. The molecule has 1 rings (SSSR count). The summed E-state index contributed by atoms with van der Waals surface area (Å²) in [5, 5.41) is 0.142. The Morgan fingerprint density at radius 2 is 1.83 bits per heavy atom. The van der Waals surface area contributed by atoms with E-state index >= 15 is 0 Å². The van der Waals surface area contributed by atoms with Gasteiger partial charge in [0.1, 0.15) is 0 Å². The highest BCUT2D eigenvalue weighted by atomic mass is 16.4. The van der Waals surface area contributed by atoms with Crippen molar-refractivity contribution < 1.29 is 4.65 Å². The van der Waals surface area contributed by atoms with Crippen LogP contribution in [0.5, 0.6) is 0 Å². The second-order valence-corrected chi connectivity index (χ2v) is 8.55. The van der Waals surface area contributed by atoms with Crippen LogP contribution < -0.4 is 0 Å². The highest BCUT2D eigenvalue weighted by molar-refractivity contribution is 6.64. The van der Waals surface area contributed by atoms with Crippen LogP contribution in [0.15, 0.2) is 23.7 Å². The lowest BCUT2D eigenvalue weighted by molar-refractivity contribution is 0.353. The maximum atomic E-state index is 6.04. The zero-order chi connectivity index (χ0) is 18.0. The Hall–Kier alpha value is -0.495. The third kappa shape index (κ3) is 6.79. The van der Waals surface area contributed by atoms with E-state index in [1.807, 2.05) is 7.11 Å². The van der Waals surface area contributed by atoms with E-state index in [1.54, 1.807) is 0 Å². The first-order valence-corrected chi connectivity index (χ1v) is 10.3. The summed E-state index contributed by atoms with van der Waals surface area (Å²) in [7, 11) is 1.88. The van der Waals surface area contributed by atoms with Crippen molar-refractivity contribution in [3.63, 3.8) is 0 Å². The van der Waals surface area contributed by atoms with Gasteiger partial charge in [-0.25, -0.2) is 0 Å². The maximum absolute atomic E-state index is 6.04. The second kappa shape index (κ2) is 11.2. The third-order valence-electron chi connectivity index (χ3n) is 6.06. The molecule has 0 radical (unpaired) electrons. The van der Waals surface area contributed by atoms with Gasteiger partial charge in [0.05, 0.1) is 0 Å². The minimum atomic E-state index is 0.142. The molecule has 1 saturated carbocycles. The molecule has 0 aromatic rings. The smallest absolute Gasteiger partial charge is 0.332 e. The molecule has 0 aromatic carbocycles. The molecule has 0 heterocycles. The Labute approximate surface area is 152 Å². The largest absolute Gasteiger partial charge is 0.433 e. The van der Waals surface area contributed by atoms with E-state index in [1.165, 1.54) is 63.3 Å². The van der Waals surface area contributed by atoms with Gasteiger partial charge in [-0.05, 0) is 42.8 Å². The number of rotatable bonds is 10. The van der Waals surface area contributed by atoms with Crippen molar-refractivity contribution in [2.75, 3.05) is 7.11 Å². The molecule has 0 saturated heterocycles. The van der Waals surface area contributed by atoms with Crippen molar-refractivity contribution in [3.05, 3.63) is 23.7 Å². The molecule has 0 N–H and O–H groups in total. The summed E-state index contributed by atoms with van der Waals surface area (Å²) in [6, 6.07) is 0. The molecule has 1 fully saturated rings. The van der Waals surface area contributed by atoms with Gasteiger partial charge in [0.2, 0.25) is 0 Å². The molecule has 0 atom stereocenters.